The molecule has 4 nitrogen and oxygen atoms in total. The molecule has 4 heteroatoms. The van der Waals surface area contributed by atoms with Crippen LogP contribution < -0.4 is 0 Å². The van der Waals surface area contributed by atoms with Gasteiger partial charge in [-0.1, -0.05) is 140 Å². The van der Waals surface area contributed by atoms with Crippen molar-refractivity contribution < 1.29 is 14.3 Å². The Morgan fingerprint density at radius 3 is 1.49 bits per heavy atom. The van der Waals surface area contributed by atoms with Crippen LogP contribution in [0.25, 0.3) is 0 Å². The fraction of sp³-hybridized carbons (Fsp3) is 0.791. The Bertz CT molecular complexity index is 786. The number of hydrogen-bond acceptors (Lipinski definition) is 3. The minimum atomic E-state index is -0.000346. The van der Waals surface area contributed by atoms with Gasteiger partial charge in [-0.3, -0.25) is 4.79 Å². The predicted molar refractivity (Wildman–Crippen MR) is 205 cm³/mol. The number of ether oxygens (including phenoxy) is 2. The third-order valence-corrected chi connectivity index (χ3v) is 9.09. The standard InChI is InChI=1S/C43H77NO3/c1-3-5-7-9-11-13-15-17-19-21-23-25-27-29-31-33-38-46-41-42(40-44-37-35-36-43(44)45)47-39-34-32-30-28-26-24-22-20-18-16-14-12-10-8-6-4-2/h11-14,17-20,42H,3-10,15-16,21-41H2,1-2H3/b13-11-,14-12-,19-17-,20-18-. The van der Waals surface area contributed by atoms with Gasteiger partial charge in [0, 0.05) is 32.7 Å². The van der Waals surface area contributed by atoms with Crippen LogP contribution in [0.1, 0.15) is 181 Å². The minimum absolute atomic E-state index is 0.000346. The SMILES string of the molecule is CCCCC/C=C\C/C=C\CCCCCCCCOCC(CN1CCCC1=O)OCCCCCCCC/C=C\C/C=C\CCCCC. The number of amides is 1. The Kier molecular flexibility index (Phi) is 32.9. The molecule has 0 N–H and O–H groups in total. The maximum atomic E-state index is 12.2. The summed E-state index contributed by atoms with van der Waals surface area (Å²) >= 11 is 0. The lowest BCUT2D eigenvalue weighted by molar-refractivity contribution is -0.130. The average molecular weight is 656 g/mol. The molecule has 1 rings (SSSR count). The molecule has 0 saturated carbocycles. The summed E-state index contributed by atoms with van der Waals surface area (Å²) < 4.78 is 12.3. The summed E-state index contributed by atoms with van der Waals surface area (Å²) in [6, 6.07) is 0. The average Bonchev–Trinajstić information content (AvgIpc) is 3.48. The van der Waals surface area contributed by atoms with Gasteiger partial charge in [-0.05, 0) is 83.5 Å². The van der Waals surface area contributed by atoms with Crippen LogP contribution >= 0.6 is 0 Å². The van der Waals surface area contributed by atoms with Gasteiger partial charge in [0.05, 0.1) is 12.7 Å². The van der Waals surface area contributed by atoms with Crippen molar-refractivity contribution in [1.82, 2.24) is 4.90 Å². The first-order valence-electron chi connectivity index (χ1n) is 20.3. The Balaban J connectivity index is 2.02. The van der Waals surface area contributed by atoms with Crippen LogP contribution in [0.3, 0.4) is 0 Å². The van der Waals surface area contributed by atoms with E-state index in [0.29, 0.717) is 19.6 Å². The second-order valence-corrected chi connectivity index (χ2v) is 13.7. The van der Waals surface area contributed by atoms with Gasteiger partial charge in [0.2, 0.25) is 5.91 Å². The molecule has 47 heavy (non-hydrogen) atoms. The van der Waals surface area contributed by atoms with Crippen molar-refractivity contribution in [1.29, 1.82) is 0 Å². The van der Waals surface area contributed by atoms with Gasteiger partial charge in [0.15, 0.2) is 0 Å². The van der Waals surface area contributed by atoms with Gasteiger partial charge in [0.25, 0.3) is 0 Å². The Morgan fingerprint density at radius 1 is 0.574 bits per heavy atom. The van der Waals surface area contributed by atoms with E-state index in [1.165, 1.54) is 128 Å². The first-order valence-corrected chi connectivity index (χ1v) is 20.3. The third-order valence-electron chi connectivity index (χ3n) is 9.09. The van der Waals surface area contributed by atoms with Crippen molar-refractivity contribution in [2.24, 2.45) is 0 Å². The summed E-state index contributed by atoms with van der Waals surface area (Å²) in [6.45, 7) is 8.25. The van der Waals surface area contributed by atoms with E-state index in [1.807, 2.05) is 4.90 Å². The molecule has 1 saturated heterocycles. The van der Waals surface area contributed by atoms with Gasteiger partial charge >= 0.3 is 0 Å². The largest absolute Gasteiger partial charge is 0.379 e. The summed E-state index contributed by atoms with van der Waals surface area (Å²) in [6.07, 6.45) is 50.5. The molecule has 0 aromatic heterocycles. The zero-order valence-electron chi connectivity index (χ0n) is 31.3. The molecule has 1 heterocycles. The zero-order chi connectivity index (χ0) is 33.7. The van der Waals surface area contributed by atoms with Crippen molar-refractivity contribution in [2.45, 2.75) is 187 Å². The van der Waals surface area contributed by atoms with Crippen LogP contribution in [-0.2, 0) is 14.3 Å². The molecule has 1 aliphatic heterocycles. The summed E-state index contributed by atoms with van der Waals surface area (Å²) in [5.74, 6) is 0.275. The molecule has 0 radical (unpaired) electrons. The number of carbonyl (C=O) groups excluding carboxylic acids is 1. The number of nitrogens with zero attached hydrogens (tertiary/aromatic N) is 1. The van der Waals surface area contributed by atoms with Crippen molar-refractivity contribution in [3.63, 3.8) is 0 Å². The van der Waals surface area contributed by atoms with Crippen LogP contribution in [0, 0.1) is 0 Å². The smallest absolute Gasteiger partial charge is 0.222 e. The molecule has 1 aliphatic rings. The highest BCUT2D eigenvalue weighted by Crippen LogP contribution is 2.14. The van der Waals surface area contributed by atoms with E-state index in [0.717, 1.165) is 51.9 Å². The molecule has 0 aliphatic carbocycles. The molecule has 0 aromatic carbocycles. The Morgan fingerprint density at radius 2 is 1.02 bits per heavy atom. The lowest BCUT2D eigenvalue weighted by Crippen LogP contribution is -2.37. The molecule has 272 valence electrons. The minimum Gasteiger partial charge on any atom is -0.379 e. The molecule has 1 amide bonds. The van der Waals surface area contributed by atoms with E-state index in [2.05, 4.69) is 62.5 Å². The maximum Gasteiger partial charge on any atom is 0.222 e. The van der Waals surface area contributed by atoms with Gasteiger partial charge in [-0.2, -0.15) is 0 Å². The van der Waals surface area contributed by atoms with E-state index in [4.69, 9.17) is 9.47 Å². The van der Waals surface area contributed by atoms with E-state index < -0.39 is 0 Å². The van der Waals surface area contributed by atoms with Gasteiger partial charge in [-0.25, -0.2) is 0 Å². The third kappa shape index (κ3) is 30.2. The molecule has 0 bridgehead atoms. The molecular weight excluding hydrogens is 578 g/mol. The predicted octanol–water partition coefficient (Wildman–Crippen LogP) is 12.6. The van der Waals surface area contributed by atoms with Gasteiger partial charge in [-0.15, -0.1) is 0 Å². The molecule has 0 aromatic rings. The van der Waals surface area contributed by atoms with E-state index in [-0.39, 0.29) is 12.0 Å². The van der Waals surface area contributed by atoms with Crippen LogP contribution in [0.2, 0.25) is 0 Å². The summed E-state index contributed by atoms with van der Waals surface area (Å²) in [5, 5.41) is 0. The first-order chi connectivity index (χ1) is 23.3. The summed E-state index contributed by atoms with van der Waals surface area (Å²) in [4.78, 5) is 14.2. The fourth-order valence-corrected chi connectivity index (χ4v) is 6.04. The van der Waals surface area contributed by atoms with E-state index in [9.17, 15) is 4.79 Å². The molecular formula is C43H77NO3. The Hall–Kier alpha value is -1.65. The number of rotatable bonds is 35. The summed E-state index contributed by atoms with van der Waals surface area (Å²) in [7, 11) is 0. The van der Waals surface area contributed by atoms with Crippen molar-refractivity contribution in [2.75, 3.05) is 32.9 Å². The maximum absolute atomic E-state index is 12.2. The summed E-state index contributed by atoms with van der Waals surface area (Å²) in [5.41, 5.74) is 0. The van der Waals surface area contributed by atoms with Gasteiger partial charge < -0.3 is 14.4 Å². The highest BCUT2D eigenvalue weighted by atomic mass is 16.5. The monoisotopic (exact) mass is 656 g/mol. The van der Waals surface area contributed by atoms with Gasteiger partial charge in [0.1, 0.15) is 0 Å². The number of hydrogen-bond donors (Lipinski definition) is 0. The Labute approximate surface area is 292 Å². The van der Waals surface area contributed by atoms with Crippen molar-refractivity contribution in [3.05, 3.63) is 48.6 Å². The molecule has 1 unspecified atom stereocenters. The van der Waals surface area contributed by atoms with E-state index >= 15 is 0 Å². The number of unbranched alkanes of at least 4 members (excludes halogenated alkanes) is 18. The number of likely N-dealkylation sites (tertiary alicyclic amines) is 1. The number of carbonyl (C=O) groups is 1. The van der Waals surface area contributed by atoms with Crippen LogP contribution in [0.5, 0.6) is 0 Å². The fourth-order valence-electron chi connectivity index (χ4n) is 6.04. The quantitative estimate of drug-likeness (QED) is 0.0504. The lowest BCUT2D eigenvalue weighted by atomic mass is 10.1. The molecule has 0 spiro atoms. The molecule has 1 atom stereocenters. The normalized spacial score (nSPS) is 14.8. The van der Waals surface area contributed by atoms with Crippen molar-refractivity contribution in [3.8, 4) is 0 Å². The van der Waals surface area contributed by atoms with Crippen LogP contribution in [-0.4, -0.2) is 49.8 Å². The zero-order valence-corrected chi connectivity index (χ0v) is 31.3. The first kappa shape index (κ1) is 43.4. The molecule has 1 fully saturated rings. The number of allylic oxidation sites excluding steroid dienone is 8. The van der Waals surface area contributed by atoms with Crippen molar-refractivity contribution >= 4 is 5.91 Å². The topological polar surface area (TPSA) is 38.8 Å². The highest BCUT2D eigenvalue weighted by Gasteiger charge is 2.24. The second kappa shape index (κ2) is 35.7. The second-order valence-electron chi connectivity index (χ2n) is 13.7. The highest BCUT2D eigenvalue weighted by molar-refractivity contribution is 5.78. The lowest BCUT2D eigenvalue weighted by Gasteiger charge is -2.24. The van der Waals surface area contributed by atoms with Crippen LogP contribution in [0.15, 0.2) is 48.6 Å². The van der Waals surface area contributed by atoms with Crippen LogP contribution in [0.4, 0.5) is 0 Å². The van der Waals surface area contributed by atoms with E-state index in [1.54, 1.807) is 0 Å².